The van der Waals surface area contributed by atoms with E-state index in [9.17, 15) is 36.3 Å². The monoisotopic (exact) mass is 692 g/mol. The summed E-state index contributed by atoms with van der Waals surface area (Å²) in [5, 5.41) is 0. The van der Waals surface area contributed by atoms with Gasteiger partial charge in [-0.15, -0.1) is 0 Å². The Morgan fingerprint density at radius 1 is 0.489 bits per heavy atom. The van der Waals surface area contributed by atoms with Crippen LogP contribution in [0.4, 0.5) is 17.6 Å². The van der Waals surface area contributed by atoms with Gasteiger partial charge in [-0.3, -0.25) is 18.7 Å². The Bertz CT molecular complexity index is 1670. The summed E-state index contributed by atoms with van der Waals surface area (Å²) in [6.07, 6.45) is -1.17. The predicted molar refractivity (Wildman–Crippen MR) is 165 cm³/mol. The Kier molecular flexibility index (Phi) is 10.6. The van der Waals surface area contributed by atoms with Crippen molar-refractivity contribution in [1.29, 1.82) is 0 Å². The molecular formula is C33H30F4O8P2. The van der Waals surface area contributed by atoms with Crippen molar-refractivity contribution in [2.24, 2.45) is 5.41 Å². The molecule has 0 bridgehead atoms. The third-order valence-electron chi connectivity index (χ3n) is 7.83. The van der Waals surface area contributed by atoms with E-state index in [2.05, 4.69) is 0 Å². The molecule has 4 aromatic rings. The highest BCUT2D eigenvalue weighted by atomic mass is 31.2. The number of alkyl halides is 4. The molecule has 0 amide bonds. The minimum atomic E-state index is -5.87. The van der Waals surface area contributed by atoms with Crippen LogP contribution in [0.15, 0.2) is 109 Å². The summed E-state index contributed by atoms with van der Waals surface area (Å²) < 4.78 is 80.3. The summed E-state index contributed by atoms with van der Waals surface area (Å²) in [6.45, 7) is 0. The summed E-state index contributed by atoms with van der Waals surface area (Å²) in [6, 6.07) is 24.6. The van der Waals surface area contributed by atoms with Crippen LogP contribution in [-0.2, 0) is 55.7 Å². The van der Waals surface area contributed by atoms with E-state index in [4.69, 9.17) is 19.6 Å². The first-order valence-corrected chi connectivity index (χ1v) is 17.3. The number of carbonyl (C=O) groups is 2. The second-order valence-corrected chi connectivity index (χ2v) is 14.5. The van der Waals surface area contributed by atoms with Crippen molar-refractivity contribution in [3.8, 4) is 0 Å². The minimum absolute atomic E-state index is 0.197. The molecule has 0 saturated heterocycles. The van der Waals surface area contributed by atoms with Crippen molar-refractivity contribution in [2.45, 2.75) is 37.0 Å². The first kappa shape index (κ1) is 36.1. The van der Waals surface area contributed by atoms with Crippen LogP contribution in [0.5, 0.6) is 0 Å². The highest BCUT2D eigenvalue weighted by Crippen LogP contribution is 2.60. The summed E-state index contributed by atoms with van der Waals surface area (Å²) in [5.41, 5.74) is -11.3. The summed E-state index contributed by atoms with van der Waals surface area (Å²) in [4.78, 5) is 65.2. The van der Waals surface area contributed by atoms with Gasteiger partial charge in [0.15, 0.2) is 11.6 Å². The number of hydrogen-bond donors (Lipinski definition) is 4. The van der Waals surface area contributed by atoms with Gasteiger partial charge in [0.1, 0.15) is 0 Å². The fourth-order valence-electron chi connectivity index (χ4n) is 5.19. The van der Waals surface area contributed by atoms with Crippen molar-refractivity contribution < 1.29 is 55.9 Å². The van der Waals surface area contributed by atoms with Crippen LogP contribution in [0.2, 0.25) is 0 Å². The lowest BCUT2D eigenvalue weighted by molar-refractivity contribution is -0.140. The zero-order valence-corrected chi connectivity index (χ0v) is 26.3. The topological polar surface area (TPSA) is 149 Å². The lowest BCUT2D eigenvalue weighted by Gasteiger charge is -2.32. The van der Waals surface area contributed by atoms with Crippen LogP contribution in [0.25, 0.3) is 0 Å². The van der Waals surface area contributed by atoms with Gasteiger partial charge in [-0.05, 0) is 35.1 Å². The molecule has 14 heteroatoms. The Hall–Kier alpha value is -3.76. The van der Waals surface area contributed by atoms with Gasteiger partial charge in [-0.2, -0.15) is 17.6 Å². The molecule has 0 radical (unpaired) electrons. The second-order valence-electron chi connectivity index (χ2n) is 11.2. The maximum atomic E-state index is 14.4. The molecule has 0 aromatic heterocycles. The van der Waals surface area contributed by atoms with Gasteiger partial charge in [0.25, 0.3) is 0 Å². The molecule has 8 nitrogen and oxygen atoms in total. The molecule has 248 valence electrons. The van der Waals surface area contributed by atoms with Gasteiger partial charge in [-0.1, -0.05) is 109 Å². The summed E-state index contributed by atoms with van der Waals surface area (Å²) in [7, 11) is -11.7. The van der Waals surface area contributed by atoms with Crippen molar-refractivity contribution >= 4 is 26.8 Å². The van der Waals surface area contributed by atoms with Crippen LogP contribution in [0, 0.1) is 5.41 Å². The van der Waals surface area contributed by atoms with Gasteiger partial charge in [0.05, 0.1) is 5.41 Å². The van der Waals surface area contributed by atoms with Crippen molar-refractivity contribution in [2.75, 3.05) is 0 Å². The molecular weight excluding hydrogens is 662 g/mol. The Morgan fingerprint density at radius 3 is 1.06 bits per heavy atom. The largest absolute Gasteiger partial charge is 0.399 e. The molecule has 4 N–H and O–H groups in total. The van der Waals surface area contributed by atoms with Crippen LogP contribution in [0.1, 0.15) is 33.4 Å². The molecule has 4 rings (SSSR count). The zero-order chi connectivity index (χ0) is 34.7. The van der Waals surface area contributed by atoms with Crippen LogP contribution >= 0.6 is 15.2 Å². The quantitative estimate of drug-likeness (QED) is 0.0662. The predicted octanol–water partition coefficient (Wildman–Crippen LogP) is 6.54. The molecule has 0 aliphatic rings. The Morgan fingerprint density at radius 2 is 0.787 bits per heavy atom. The number of Topliss-reactive ketones (excluding diaryl/α,β-unsaturated/α-hetero) is 2. The van der Waals surface area contributed by atoms with E-state index >= 15 is 0 Å². The van der Waals surface area contributed by atoms with Gasteiger partial charge >= 0.3 is 26.5 Å². The molecule has 47 heavy (non-hydrogen) atoms. The van der Waals surface area contributed by atoms with Gasteiger partial charge in [-0.25, -0.2) is 0 Å². The molecule has 0 unspecified atom stereocenters. The molecule has 0 aliphatic carbocycles. The van der Waals surface area contributed by atoms with Gasteiger partial charge in [0, 0.05) is 24.0 Å². The molecule has 0 spiro atoms. The minimum Gasteiger partial charge on any atom is -0.320 e. The third-order valence-corrected chi connectivity index (χ3v) is 9.81. The number of carbonyl (C=O) groups excluding carboxylic acids is 2. The van der Waals surface area contributed by atoms with E-state index < -0.39 is 54.6 Å². The first-order chi connectivity index (χ1) is 21.9. The van der Waals surface area contributed by atoms with E-state index in [1.807, 2.05) is 0 Å². The first-order valence-electron chi connectivity index (χ1n) is 14.1. The molecule has 0 fully saturated rings. The maximum absolute atomic E-state index is 14.4. The summed E-state index contributed by atoms with van der Waals surface area (Å²) in [5.74, 6) is -1.14. The lowest BCUT2D eigenvalue weighted by Crippen LogP contribution is -2.45. The Labute approximate surface area is 267 Å². The van der Waals surface area contributed by atoms with E-state index in [-0.39, 0.29) is 36.8 Å². The fraction of sp³-hybridized carbons (Fsp3) is 0.212. The zero-order valence-electron chi connectivity index (χ0n) is 24.5. The number of halogens is 4. The van der Waals surface area contributed by atoms with E-state index in [1.165, 1.54) is 0 Å². The number of rotatable bonds is 14. The van der Waals surface area contributed by atoms with Crippen LogP contribution in [0.3, 0.4) is 0 Å². The normalized spacial score (nSPS) is 12.9. The average Bonchev–Trinajstić information content (AvgIpc) is 3.01. The van der Waals surface area contributed by atoms with Crippen molar-refractivity contribution in [1.82, 2.24) is 0 Å². The van der Waals surface area contributed by atoms with E-state index in [1.54, 1.807) is 60.7 Å². The number of benzene rings is 4. The molecule has 0 atom stereocenters. The number of hydrogen-bond acceptors (Lipinski definition) is 4. The average molecular weight is 693 g/mol. The molecule has 0 saturated carbocycles. The summed E-state index contributed by atoms with van der Waals surface area (Å²) >= 11 is 0. The van der Waals surface area contributed by atoms with Crippen LogP contribution < -0.4 is 0 Å². The molecule has 0 heterocycles. The highest BCUT2D eigenvalue weighted by Gasteiger charge is 2.51. The van der Waals surface area contributed by atoms with Crippen LogP contribution in [-0.4, -0.2) is 31.1 Å². The Balaban J connectivity index is 1.83. The second kappa shape index (κ2) is 13.8. The smallest absolute Gasteiger partial charge is 0.320 e. The van der Waals surface area contributed by atoms with Crippen molar-refractivity contribution in [3.63, 3.8) is 0 Å². The maximum Gasteiger partial charge on any atom is 0.399 e. The SMILES string of the molecule is O=C(Cc1ccccc1)C(Cc1ccc(C(F)(F)P(=O)(O)O)cc1)(Cc1ccc(C(F)(F)P(=O)(O)O)cc1)C(=O)Cc1ccccc1. The van der Waals surface area contributed by atoms with E-state index in [0.717, 1.165) is 48.5 Å². The third kappa shape index (κ3) is 8.04. The lowest BCUT2D eigenvalue weighted by atomic mass is 9.67. The fourth-order valence-corrected chi connectivity index (χ4v) is 6.16. The standard InChI is InChI=1S/C33H30F4O8P2/c34-32(35,46(40,41)42)27-15-11-25(12-16-27)21-31(29(38)19-23-7-3-1-4-8-23,30(39)20-24-9-5-2-6-10-24)22-26-13-17-28(18-14-26)33(36,37)47(43,44)45/h1-18H,19-22H2,(H2,40,41,42)(H2,43,44,45). The molecule has 4 aromatic carbocycles. The van der Waals surface area contributed by atoms with Crippen molar-refractivity contribution in [3.05, 3.63) is 143 Å². The highest BCUT2D eigenvalue weighted by molar-refractivity contribution is 7.52. The van der Waals surface area contributed by atoms with Gasteiger partial charge in [0.2, 0.25) is 0 Å². The van der Waals surface area contributed by atoms with E-state index in [0.29, 0.717) is 11.1 Å². The van der Waals surface area contributed by atoms with Gasteiger partial charge < -0.3 is 19.6 Å². The molecule has 0 aliphatic heterocycles. The number of ketones is 2.